The number of benzene rings is 2. The van der Waals surface area contributed by atoms with E-state index in [1.54, 1.807) is 12.1 Å². The first-order valence-electron chi connectivity index (χ1n) is 6.40. The van der Waals surface area contributed by atoms with E-state index in [9.17, 15) is 9.59 Å². The quantitative estimate of drug-likeness (QED) is 0.635. The molecule has 0 aliphatic carbocycles. The molecule has 0 heterocycles. The Balaban J connectivity index is 2.58. The van der Waals surface area contributed by atoms with Gasteiger partial charge in [0, 0.05) is 12.3 Å². The van der Waals surface area contributed by atoms with Crippen molar-refractivity contribution in [2.45, 2.75) is 26.9 Å². The fraction of sp³-hybridized carbons (Fsp3) is 0.250. The van der Waals surface area contributed by atoms with Crippen LogP contribution >= 0.6 is 0 Å². The number of carbonyl (C=O) groups is 2. The molecule has 0 fully saturated rings. The zero-order chi connectivity index (χ0) is 14.7. The zero-order valence-corrected chi connectivity index (χ0v) is 11.7. The predicted octanol–water partition coefficient (Wildman–Crippen LogP) is 3.33. The first-order chi connectivity index (χ1) is 9.49. The van der Waals surface area contributed by atoms with Gasteiger partial charge in [-0.3, -0.25) is 4.79 Å². The molecule has 0 amide bonds. The Morgan fingerprint density at radius 3 is 2.40 bits per heavy atom. The van der Waals surface area contributed by atoms with Crippen LogP contribution in [0.15, 0.2) is 36.4 Å². The molecule has 20 heavy (non-hydrogen) atoms. The molecule has 0 bridgehead atoms. The number of rotatable bonds is 3. The summed E-state index contributed by atoms with van der Waals surface area (Å²) >= 11 is 0. The van der Waals surface area contributed by atoms with Gasteiger partial charge in [-0.2, -0.15) is 0 Å². The number of carbonyl (C=O) groups excluding carboxylic acids is 2. The molecule has 4 heteroatoms. The molecule has 0 radical (unpaired) electrons. The summed E-state index contributed by atoms with van der Waals surface area (Å²) in [6, 6.07) is 11.0. The lowest BCUT2D eigenvalue weighted by atomic mass is 10.1. The molecule has 0 aliphatic heterocycles. The van der Waals surface area contributed by atoms with Gasteiger partial charge in [-0.05, 0) is 25.3 Å². The molecule has 0 unspecified atom stereocenters. The Bertz CT molecular complexity index is 659. The number of hydrogen-bond acceptors (Lipinski definition) is 4. The molecule has 2 aromatic rings. The number of hydrogen-bond donors (Lipinski definition) is 0. The van der Waals surface area contributed by atoms with Crippen LogP contribution in [0.2, 0.25) is 0 Å². The van der Waals surface area contributed by atoms with Crippen LogP contribution in [-0.2, 0) is 9.53 Å². The van der Waals surface area contributed by atoms with Crippen LogP contribution in [0.5, 0.6) is 5.75 Å². The maximum Gasteiger partial charge on any atom is 0.349 e. The number of fused-ring (bicyclic) bond motifs is 1. The summed E-state index contributed by atoms with van der Waals surface area (Å²) in [5, 5.41) is 1.78. The van der Waals surface area contributed by atoms with Crippen molar-refractivity contribution in [2.75, 3.05) is 0 Å². The standard InChI is InChI=1S/C16H16O4/c1-10(2)19-15-13-7-5-4-6-12(13)8-9-14(15)16(18)20-11(3)17/h4-10H,1-3H3. The van der Waals surface area contributed by atoms with Crippen LogP contribution in [0.25, 0.3) is 10.8 Å². The third-order valence-electron chi connectivity index (χ3n) is 2.69. The largest absolute Gasteiger partial charge is 0.489 e. The Kier molecular flexibility index (Phi) is 4.03. The van der Waals surface area contributed by atoms with E-state index in [2.05, 4.69) is 4.74 Å². The van der Waals surface area contributed by atoms with Gasteiger partial charge in [0.15, 0.2) is 0 Å². The highest BCUT2D eigenvalue weighted by Crippen LogP contribution is 2.31. The topological polar surface area (TPSA) is 52.6 Å². The molecule has 0 aliphatic rings. The molecule has 2 rings (SSSR count). The maximum absolute atomic E-state index is 12.0. The van der Waals surface area contributed by atoms with Gasteiger partial charge in [-0.15, -0.1) is 0 Å². The van der Waals surface area contributed by atoms with E-state index in [-0.39, 0.29) is 11.7 Å². The molecule has 104 valence electrons. The van der Waals surface area contributed by atoms with Crippen LogP contribution in [0.1, 0.15) is 31.1 Å². The van der Waals surface area contributed by atoms with Gasteiger partial charge in [-0.25, -0.2) is 4.79 Å². The minimum atomic E-state index is -0.695. The van der Waals surface area contributed by atoms with Gasteiger partial charge < -0.3 is 9.47 Å². The first kappa shape index (κ1) is 14.1. The third kappa shape index (κ3) is 2.96. The Labute approximate surface area is 117 Å². The van der Waals surface area contributed by atoms with Crippen LogP contribution < -0.4 is 4.74 Å². The molecule has 0 N–H and O–H groups in total. The molecule has 0 spiro atoms. The van der Waals surface area contributed by atoms with Gasteiger partial charge in [0.2, 0.25) is 0 Å². The second kappa shape index (κ2) is 5.74. The molecule has 4 nitrogen and oxygen atoms in total. The fourth-order valence-electron chi connectivity index (χ4n) is 1.95. The smallest absolute Gasteiger partial charge is 0.349 e. The first-order valence-corrected chi connectivity index (χ1v) is 6.40. The van der Waals surface area contributed by atoms with Gasteiger partial charge in [0.1, 0.15) is 11.3 Å². The highest BCUT2D eigenvalue weighted by Gasteiger charge is 2.19. The second-order valence-corrected chi connectivity index (χ2v) is 4.71. The van der Waals surface area contributed by atoms with Gasteiger partial charge >= 0.3 is 11.9 Å². The summed E-state index contributed by atoms with van der Waals surface area (Å²) < 4.78 is 10.4. The Morgan fingerprint density at radius 1 is 1.05 bits per heavy atom. The van der Waals surface area contributed by atoms with Crippen LogP contribution in [0.4, 0.5) is 0 Å². The van der Waals surface area contributed by atoms with Crippen molar-refractivity contribution < 1.29 is 19.1 Å². The van der Waals surface area contributed by atoms with E-state index in [4.69, 9.17) is 4.74 Å². The lowest BCUT2D eigenvalue weighted by molar-refractivity contribution is -0.135. The van der Waals surface area contributed by atoms with Gasteiger partial charge in [0.25, 0.3) is 0 Å². The average molecular weight is 272 g/mol. The Morgan fingerprint density at radius 2 is 1.75 bits per heavy atom. The number of ether oxygens (including phenoxy) is 2. The lowest BCUT2D eigenvalue weighted by Gasteiger charge is -2.15. The number of esters is 2. The van der Waals surface area contributed by atoms with E-state index in [0.717, 1.165) is 10.8 Å². The van der Waals surface area contributed by atoms with E-state index >= 15 is 0 Å². The van der Waals surface area contributed by atoms with Crippen LogP contribution in [-0.4, -0.2) is 18.0 Å². The molecular weight excluding hydrogens is 256 g/mol. The summed E-state index contributed by atoms with van der Waals surface area (Å²) in [5.41, 5.74) is 0.257. The van der Waals surface area contributed by atoms with Gasteiger partial charge in [0.05, 0.1) is 6.10 Å². The van der Waals surface area contributed by atoms with Crippen molar-refractivity contribution in [3.63, 3.8) is 0 Å². The zero-order valence-electron chi connectivity index (χ0n) is 11.7. The summed E-state index contributed by atoms with van der Waals surface area (Å²) in [6.45, 7) is 4.95. The van der Waals surface area contributed by atoms with E-state index in [1.807, 2.05) is 38.1 Å². The Hall–Kier alpha value is -2.36. The van der Waals surface area contributed by atoms with E-state index in [1.165, 1.54) is 6.92 Å². The van der Waals surface area contributed by atoms with Crippen molar-refractivity contribution in [1.82, 2.24) is 0 Å². The highest BCUT2D eigenvalue weighted by molar-refractivity contribution is 6.04. The minimum Gasteiger partial charge on any atom is -0.489 e. The monoisotopic (exact) mass is 272 g/mol. The average Bonchev–Trinajstić information content (AvgIpc) is 2.37. The third-order valence-corrected chi connectivity index (χ3v) is 2.69. The highest BCUT2D eigenvalue weighted by atomic mass is 16.6. The van der Waals surface area contributed by atoms with Crippen molar-refractivity contribution in [2.24, 2.45) is 0 Å². The normalized spacial score (nSPS) is 10.6. The molecular formula is C16H16O4. The van der Waals surface area contributed by atoms with Crippen LogP contribution in [0, 0.1) is 0 Å². The van der Waals surface area contributed by atoms with Crippen molar-refractivity contribution in [1.29, 1.82) is 0 Å². The summed E-state index contributed by atoms with van der Waals surface area (Å²) in [6.07, 6.45) is -0.0929. The van der Waals surface area contributed by atoms with Gasteiger partial charge in [-0.1, -0.05) is 30.3 Å². The summed E-state index contributed by atoms with van der Waals surface area (Å²) in [7, 11) is 0. The fourth-order valence-corrected chi connectivity index (χ4v) is 1.95. The maximum atomic E-state index is 12.0. The predicted molar refractivity (Wildman–Crippen MR) is 75.8 cm³/mol. The van der Waals surface area contributed by atoms with Crippen molar-refractivity contribution in [3.8, 4) is 5.75 Å². The second-order valence-electron chi connectivity index (χ2n) is 4.71. The lowest BCUT2D eigenvalue weighted by Crippen LogP contribution is -2.14. The van der Waals surface area contributed by atoms with E-state index < -0.39 is 11.9 Å². The molecule has 0 atom stereocenters. The van der Waals surface area contributed by atoms with Crippen molar-refractivity contribution >= 4 is 22.7 Å². The molecule has 2 aromatic carbocycles. The summed E-state index contributed by atoms with van der Waals surface area (Å²) in [5.74, 6) is -0.887. The minimum absolute atomic E-state index is 0.0929. The van der Waals surface area contributed by atoms with Crippen molar-refractivity contribution in [3.05, 3.63) is 42.0 Å². The van der Waals surface area contributed by atoms with Crippen LogP contribution in [0.3, 0.4) is 0 Å². The molecule has 0 saturated heterocycles. The molecule has 0 aromatic heterocycles. The van der Waals surface area contributed by atoms with E-state index in [0.29, 0.717) is 5.75 Å². The molecule has 0 saturated carbocycles. The SMILES string of the molecule is CC(=O)OC(=O)c1ccc2ccccc2c1OC(C)C. The summed E-state index contributed by atoms with van der Waals surface area (Å²) in [4.78, 5) is 22.9.